The number of amides is 2. The van der Waals surface area contributed by atoms with Gasteiger partial charge in [-0.2, -0.15) is 0 Å². The van der Waals surface area contributed by atoms with E-state index in [0.717, 1.165) is 31.2 Å². The van der Waals surface area contributed by atoms with Crippen molar-refractivity contribution in [3.05, 3.63) is 102 Å². The number of carbonyl (C=O) groups excluding carboxylic acids is 2. The molecule has 5 nitrogen and oxygen atoms in total. The van der Waals surface area contributed by atoms with Crippen LogP contribution >= 0.6 is 0 Å². The topological polar surface area (TPSA) is 75.4 Å². The maximum atomic E-state index is 13.4. The van der Waals surface area contributed by atoms with Crippen molar-refractivity contribution < 1.29 is 9.59 Å². The van der Waals surface area contributed by atoms with Gasteiger partial charge in [-0.3, -0.25) is 9.59 Å². The lowest BCUT2D eigenvalue weighted by atomic mass is 9.90. The summed E-state index contributed by atoms with van der Waals surface area (Å²) in [6.07, 6.45) is 3.67. The van der Waals surface area contributed by atoms with E-state index in [4.69, 9.17) is 5.73 Å². The van der Waals surface area contributed by atoms with Crippen LogP contribution in [0.25, 0.3) is 0 Å². The van der Waals surface area contributed by atoms with Crippen molar-refractivity contribution in [2.24, 2.45) is 5.73 Å². The summed E-state index contributed by atoms with van der Waals surface area (Å²) in [7, 11) is 0. The fourth-order valence-electron chi connectivity index (χ4n) is 4.26. The number of hydrogen-bond donors (Lipinski definition) is 2. The van der Waals surface area contributed by atoms with Crippen LogP contribution in [0.5, 0.6) is 0 Å². The van der Waals surface area contributed by atoms with Crippen molar-refractivity contribution in [3.63, 3.8) is 0 Å². The molecule has 0 unspecified atom stereocenters. The van der Waals surface area contributed by atoms with E-state index in [1.807, 2.05) is 77.7 Å². The monoisotopic (exact) mass is 427 g/mol. The number of rotatable bonds is 6. The first-order chi connectivity index (χ1) is 15.6. The van der Waals surface area contributed by atoms with Gasteiger partial charge in [-0.25, -0.2) is 0 Å². The first kappa shape index (κ1) is 21.8. The average Bonchev–Trinajstić information content (AvgIpc) is 2.84. The minimum Gasteiger partial charge on any atom is -0.331 e. The van der Waals surface area contributed by atoms with Crippen LogP contribution in [0.15, 0.2) is 84.9 Å². The third kappa shape index (κ3) is 5.42. The molecular formula is C27H29N3O2. The molecule has 4 rings (SSSR count). The van der Waals surface area contributed by atoms with Crippen LogP contribution in [-0.4, -0.2) is 28.8 Å². The number of anilines is 1. The maximum Gasteiger partial charge on any atom is 0.255 e. The summed E-state index contributed by atoms with van der Waals surface area (Å²) in [6.45, 7) is 0.489. The van der Waals surface area contributed by atoms with E-state index in [1.165, 1.54) is 0 Å². The number of nitrogens with one attached hydrogen (secondary N) is 1. The Morgan fingerprint density at radius 1 is 0.812 bits per heavy atom. The van der Waals surface area contributed by atoms with Gasteiger partial charge >= 0.3 is 0 Å². The van der Waals surface area contributed by atoms with Crippen LogP contribution < -0.4 is 11.1 Å². The molecule has 0 aliphatic heterocycles. The second-order valence-electron chi connectivity index (χ2n) is 8.39. The third-order valence-corrected chi connectivity index (χ3v) is 6.04. The summed E-state index contributed by atoms with van der Waals surface area (Å²) in [5.74, 6) is -0.119. The van der Waals surface area contributed by atoms with E-state index < -0.39 is 0 Å². The molecule has 0 radical (unpaired) electrons. The quantitative estimate of drug-likeness (QED) is 0.590. The Labute approximate surface area is 189 Å². The molecule has 1 aliphatic rings. The number of carbonyl (C=O) groups is 2. The lowest BCUT2D eigenvalue weighted by Crippen LogP contribution is -2.43. The lowest BCUT2D eigenvalue weighted by Gasteiger charge is -2.36. The highest BCUT2D eigenvalue weighted by molar-refractivity contribution is 6.04. The molecule has 0 atom stereocenters. The molecule has 1 saturated carbocycles. The SMILES string of the molecule is NC1CCC(N(Cc2cccc(NC(=O)c3ccccc3)c2)C(=O)c2ccccc2)CC1. The minimum atomic E-state index is -0.152. The summed E-state index contributed by atoms with van der Waals surface area (Å²) >= 11 is 0. The zero-order chi connectivity index (χ0) is 22.3. The van der Waals surface area contributed by atoms with Gasteiger partial charge in [0.2, 0.25) is 0 Å². The fraction of sp³-hybridized carbons (Fsp3) is 0.259. The molecule has 3 aromatic rings. The van der Waals surface area contributed by atoms with Gasteiger partial charge in [-0.05, 0) is 67.6 Å². The molecule has 0 saturated heterocycles. The van der Waals surface area contributed by atoms with Gasteiger partial charge in [0, 0.05) is 35.4 Å². The van der Waals surface area contributed by atoms with E-state index in [1.54, 1.807) is 12.1 Å². The van der Waals surface area contributed by atoms with Crippen molar-refractivity contribution in [1.82, 2.24) is 4.90 Å². The molecule has 1 aliphatic carbocycles. The summed E-state index contributed by atoms with van der Waals surface area (Å²) in [5, 5.41) is 2.96. The van der Waals surface area contributed by atoms with Gasteiger partial charge in [0.1, 0.15) is 0 Å². The highest BCUT2D eigenvalue weighted by Crippen LogP contribution is 2.26. The zero-order valence-corrected chi connectivity index (χ0v) is 18.1. The van der Waals surface area contributed by atoms with Gasteiger partial charge in [0.05, 0.1) is 0 Å². The van der Waals surface area contributed by atoms with Crippen LogP contribution in [-0.2, 0) is 6.54 Å². The van der Waals surface area contributed by atoms with Crippen molar-refractivity contribution in [3.8, 4) is 0 Å². The van der Waals surface area contributed by atoms with E-state index in [0.29, 0.717) is 23.4 Å². The van der Waals surface area contributed by atoms with Crippen LogP contribution in [0.4, 0.5) is 5.69 Å². The predicted molar refractivity (Wildman–Crippen MR) is 127 cm³/mol. The number of hydrogen-bond acceptors (Lipinski definition) is 3. The first-order valence-electron chi connectivity index (χ1n) is 11.2. The van der Waals surface area contributed by atoms with Crippen molar-refractivity contribution in [1.29, 1.82) is 0 Å². The summed E-state index contributed by atoms with van der Waals surface area (Å²) in [5.41, 5.74) is 9.11. The summed E-state index contributed by atoms with van der Waals surface area (Å²) < 4.78 is 0. The molecule has 0 bridgehead atoms. The molecule has 0 heterocycles. The third-order valence-electron chi connectivity index (χ3n) is 6.04. The van der Waals surface area contributed by atoms with Crippen molar-refractivity contribution in [2.45, 2.75) is 44.3 Å². The zero-order valence-electron chi connectivity index (χ0n) is 18.1. The van der Waals surface area contributed by atoms with E-state index in [9.17, 15) is 9.59 Å². The second kappa shape index (κ2) is 10.2. The Balaban J connectivity index is 1.53. The van der Waals surface area contributed by atoms with Crippen LogP contribution in [0.3, 0.4) is 0 Å². The Kier molecular flexibility index (Phi) is 6.97. The molecule has 1 fully saturated rings. The van der Waals surface area contributed by atoms with Gasteiger partial charge in [0.15, 0.2) is 0 Å². The van der Waals surface area contributed by atoms with E-state index >= 15 is 0 Å². The van der Waals surface area contributed by atoms with E-state index in [-0.39, 0.29) is 23.9 Å². The second-order valence-corrected chi connectivity index (χ2v) is 8.39. The highest BCUT2D eigenvalue weighted by atomic mass is 16.2. The van der Waals surface area contributed by atoms with Gasteiger partial charge in [-0.1, -0.05) is 48.5 Å². The van der Waals surface area contributed by atoms with Crippen LogP contribution in [0, 0.1) is 0 Å². The molecule has 0 aromatic heterocycles. The Morgan fingerprint density at radius 2 is 1.44 bits per heavy atom. The van der Waals surface area contributed by atoms with Crippen molar-refractivity contribution in [2.75, 3.05) is 5.32 Å². The largest absolute Gasteiger partial charge is 0.331 e. The maximum absolute atomic E-state index is 13.4. The number of benzene rings is 3. The summed E-state index contributed by atoms with van der Waals surface area (Å²) in [4.78, 5) is 27.9. The average molecular weight is 428 g/mol. The molecule has 32 heavy (non-hydrogen) atoms. The predicted octanol–water partition coefficient (Wildman–Crippen LogP) is 4.85. The summed E-state index contributed by atoms with van der Waals surface area (Å²) in [6, 6.07) is 26.7. The number of nitrogens with two attached hydrogens (primary N) is 1. The van der Waals surface area contributed by atoms with Crippen LogP contribution in [0.2, 0.25) is 0 Å². The minimum absolute atomic E-state index is 0.0322. The lowest BCUT2D eigenvalue weighted by molar-refractivity contribution is 0.0606. The van der Waals surface area contributed by atoms with E-state index in [2.05, 4.69) is 5.32 Å². The van der Waals surface area contributed by atoms with Crippen molar-refractivity contribution >= 4 is 17.5 Å². The first-order valence-corrected chi connectivity index (χ1v) is 11.2. The Bertz CT molecular complexity index is 1040. The normalized spacial score (nSPS) is 18.0. The standard InChI is InChI=1S/C27H29N3O2/c28-23-14-16-25(17-15-23)30(27(32)22-11-5-2-6-12-22)19-20-8-7-13-24(18-20)29-26(31)21-9-3-1-4-10-21/h1-13,18,23,25H,14-17,19,28H2,(H,29,31). The Morgan fingerprint density at radius 3 is 2.09 bits per heavy atom. The molecule has 164 valence electrons. The molecule has 3 aromatic carbocycles. The van der Waals surface area contributed by atoms with Gasteiger partial charge in [0.25, 0.3) is 11.8 Å². The molecule has 2 amide bonds. The molecule has 0 spiro atoms. The van der Waals surface area contributed by atoms with Gasteiger partial charge < -0.3 is 16.0 Å². The fourth-order valence-corrected chi connectivity index (χ4v) is 4.26. The molecule has 5 heteroatoms. The van der Waals surface area contributed by atoms with Gasteiger partial charge in [-0.15, -0.1) is 0 Å². The Hall–Kier alpha value is -3.44. The number of nitrogens with zero attached hydrogens (tertiary/aromatic N) is 1. The van der Waals surface area contributed by atoms with Crippen LogP contribution in [0.1, 0.15) is 52.0 Å². The molecular weight excluding hydrogens is 398 g/mol. The highest BCUT2D eigenvalue weighted by Gasteiger charge is 2.28. The molecule has 3 N–H and O–H groups in total. The smallest absolute Gasteiger partial charge is 0.255 e.